The van der Waals surface area contributed by atoms with Gasteiger partial charge in [-0.1, -0.05) is 0 Å². The number of aromatic nitrogens is 3. The lowest BCUT2D eigenvalue weighted by Crippen LogP contribution is -2.39. The second-order valence-corrected chi connectivity index (χ2v) is 7.74. The van der Waals surface area contributed by atoms with E-state index in [1.807, 2.05) is 0 Å². The maximum absolute atomic E-state index is 12.5. The van der Waals surface area contributed by atoms with Crippen LogP contribution in [-0.2, 0) is 9.84 Å². The van der Waals surface area contributed by atoms with Gasteiger partial charge in [-0.25, -0.2) is 8.42 Å². The highest BCUT2D eigenvalue weighted by Gasteiger charge is 2.30. The summed E-state index contributed by atoms with van der Waals surface area (Å²) in [6.07, 6.45) is 7.32. The molecule has 0 saturated carbocycles. The van der Waals surface area contributed by atoms with Gasteiger partial charge in [-0.05, 0) is 25.0 Å². The van der Waals surface area contributed by atoms with E-state index in [0.29, 0.717) is 24.3 Å². The fraction of sp³-hybridized carbons (Fsp3) is 0.400. The van der Waals surface area contributed by atoms with Gasteiger partial charge in [0.15, 0.2) is 9.84 Å². The molecular weight excluding hydrogens is 316 g/mol. The van der Waals surface area contributed by atoms with Crippen LogP contribution in [0.25, 0.3) is 0 Å². The molecule has 1 fully saturated rings. The van der Waals surface area contributed by atoms with Crippen LogP contribution >= 0.6 is 0 Å². The second kappa shape index (κ2) is 6.11. The van der Waals surface area contributed by atoms with Crippen molar-refractivity contribution in [1.29, 1.82) is 0 Å². The molecule has 0 aromatic carbocycles. The molecule has 1 unspecified atom stereocenters. The highest BCUT2D eigenvalue weighted by Crippen LogP contribution is 2.30. The topological polar surface area (TPSA) is 96.0 Å². The minimum atomic E-state index is -3.34. The Balaban J connectivity index is 1.82. The third-order valence-electron chi connectivity index (χ3n) is 4.06. The van der Waals surface area contributed by atoms with Crippen LogP contribution < -0.4 is 0 Å². The number of pyridine rings is 1. The summed E-state index contributed by atoms with van der Waals surface area (Å²) in [7, 11) is -3.34. The number of amides is 1. The normalized spacial score (nSPS) is 18.8. The number of aromatic amines is 1. The Labute approximate surface area is 134 Å². The van der Waals surface area contributed by atoms with E-state index in [1.165, 1.54) is 12.5 Å². The molecule has 8 heteroatoms. The van der Waals surface area contributed by atoms with E-state index in [-0.39, 0.29) is 16.7 Å². The number of carbonyl (C=O) groups is 1. The van der Waals surface area contributed by atoms with Gasteiger partial charge in [0.25, 0.3) is 5.91 Å². The van der Waals surface area contributed by atoms with Crippen molar-refractivity contribution in [3.63, 3.8) is 0 Å². The molecule has 7 nitrogen and oxygen atoms in total. The molecule has 0 aliphatic carbocycles. The van der Waals surface area contributed by atoms with Crippen LogP contribution in [0.5, 0.6) is 0 Å². The van der Waals surface area contributed by atoms with Crippen LogP contribution in [0.3, 0.4) is 0 Å². The summed E-state index contributed by atoms with van der Waals surface area (Å²) in [6, 6.07) is 3.46. The fourth-order valence-electron chi connectivity index (χ4n) is 2.94. The molecule has 0 radical (unpaired) electrons. The number of nitrogens with one attached hydrogen (secondary N) is 1. The molecule has 122 valence electrons. The minimum absolute atomic E-state index is 0.0587. The predicted molar refractivity (Wildman–Crippen MR) is 83.8 cm³/mol. The molecule has 1 aliphatic heterocycles. The van der Waals surface area contributed by atoms with Crippen molar-refractivity contribution in [2.24, 2.45) is 0 Å². The number of rotatable bonds is 3. The maximum atomic E-state index is 12.5. The first-order valence-corrected chi connectivity index (χ1v) is 9.28. The second-order valence-electron chi connectivity index (χ2n) is 5.75. The van der Waals surface area contributed by atoms with Gasteiger partial charge in [-0.15, -0.1) is 0 Å². The van der Waals surface area contributed by atoms with Crippen LogP contribution in [0.2, 0.25) is 0 Å². The van der Waals surface area contributed by atoms with Gasteiger partial charge in [0, 0.05) is 37.7 Å². The van der Waals surface area contributed by atoms with Crippen molar-refractivity contribution in [2.45, 2.75) is 23.7 Å². The van der Waals surface area contributed by atoms with Crippen molar-refractivity contribution >= 4 is 15.7 Å². The van der Waals surface area contributed by atoms with E-state index in [1.54, 1.807) is 29.4 Å². The molecule has 0 bridgehead atoms. The monoisotopic (exact) mass is 334 g/mol. The SMILES string of the molecule is CS(=O)(=O)c1cn[nH]c1C1CCCN(C(=O)c2cccnc2)C1. The van der Waals surface area contributed by atoms with Gasteiger partial charge >= 0.3 is 0 Å². The molecule has 0 spiro atoms. The molecule has 3 rings (SSSR count). The van der Waals surface area contributed by atoms with E-state index in [0.717, 1.165) is 12.8 Å². The first-order chi connectivity index (χ1) is 11.0. The highest BCUT2D eigenvalue weighted by molar-refractivity contribution is 7.90. The Morgan fingerprint density at radius 3 is 2.91 bits per heavy atom. The lowest BCUT2D eigenvalue weighted by Gasteiger charge is -2.32. The predicted octanol–water partition coefficient (Wildman–Crippen LogP) is 1.23. The fourth-order valence-corrected chi connectivity index (χ4v) is 3.80. The van der Waals surface area contributed by atoms with E-state index < -0.39 is 9.84 Å². The average molecular weight is 334 g/mol. The van der Waals surface area contributed by atoms with Crippen LogP contribution in [-0.4, -0.2) is 53.8 Å². The van der Waals surface area contributed by atoms with Crippen molar-refractivity contribution < 1.29 is 13.2 Å². The number of sulfone groups is 1. The van der Waals surface area contributed by atoms with Gasteiger partial charge in [-0.3, -0.25) is 14.9 Å². The van der Waals surface area contributed by atoms with Crippen LogP contribution in [0, 0.1) is 0 Å². The van der Waals surface area contributed by atoms with E-state index >= 15 is 0 Å². The van der Waals surface area contributed by atoms with E-state index in [4.69, 9.17) is 0 Å². The summed E-state index contributed by atoms with van der Waals surface area (Å²) in [5, 5.41) is 6.68. The Bertz CT molecular complexity index is 801. The van der Waals surface area contributed by atoms with Gasteiger partial charge in [0.05, 0.1) is 17.5 Å². The number of nitrogens with zero attached hydrogens (tertiary/aromatic N) is 3. The summed E-state index contributed by atoms with van der Waals surface area (Å²) < 4.78 is 23.7. The summed E-state index contributed by atoms with van der Waals surface area (Å²) in [5.74, 6) is -0.139. The van der Waals surface area contributed by atoms with Crippen molar-refractivity contribution in [3.8, 4) is 0 Å². The number of likely N-dealkylation sites (tertiary alicyclic amines) is 1. The Kier molecular flexibility index (Phi) is 4.16. The average Bonchev–Trinajstić information content (AvgIpc) is 3.05. The van der Waals surface area contributed by atoms with E-state index in [9.17, 15) is 13.2 Å². The van der Waals surface area contributed by atoms with Gasteiger partial charge in [0.2, 0.25) is 0 Å². The summed E-state index contributed by atoms with van der Waals surface area (Å²) in [4.78, 5) is 18.5. The number of piperidine rings is 1. The van der Waals surface area contributed by atoms with Crippen LogP contribution in [0.15, 0.2) is 35.6 Å². The first-order valence-electron chi connectivity index (χ1n) is 7.39. The molecule has 23 heavy (non-hydrogen) atoms. The Hall–Kier alpha value is -2.22. The molecule has 1 atom stereocenters. The Morgan fingerprint density at radius 2 is 2.22 bits per heavy atom. The standard InChI is InChI=1S/C15H18N4O3S/c1-23(21,22)13-9-17-18-14(13)12-5-3-7-19(10-12)15(20)11-4-2-6-16-8-11/h2,4,6,8-9,12H,3,5,7,10H2,1H3,(H,17,18). The maximum Gasteiger partial charge on any atom is 0.255 e. The van der Waals surface area contributed by atoms with Gasteiger partial charge in [0.1, 0.15) is 4.90 Å². The van der Waals surface area contributed by atoms with Gasteiger partial charge < -0.3 is 4.90 Å². The minimum Gasteiger partial charge on any atom is -0.338 e. The zero-order chi connectivity index (χ0) is 16.4. The first kappa shape index (κ1) is 15.7. The molecule has 1 aliphatic rings. The zero-order valence-corrected chi connectivity index (χ0v) is 13.6. The van der Waals surface area contributed by atoms with Crippen molar-refractivity contribution in [1.82, 2.24) is 20.1 Å². The largest absolute Gasteiger partial charge is 0.338 e. The summed E-state index contributed by atoms with van der Waals surface area (Å²) in [6.45, 7) is 1.13. The summed E-state index contributed by atoms with van der Waals surface area (Å²) in [5.41, 5.74) is 1.14. The molecule has 2 aromatic heterocycles. The third-order valence-corrected chi connectivity index (χ3v) is 5.18. The quantitative estimate of drug-likeness (QED) is 0.910. The molecular formula is C15H18N4O3S. The number of H-pyrrole nitrogens is 1. The van der Waals surface area contributed by atoms with E-state index in [2.05, 4.69) is 15.2 Å². The number of hydrogen-bond donors (Lipinski definition) is 1. The zero-order valence-electron chi connectivity index (χ0n) is 12.8. The lowest BCUT2D eigenvalue weighted by atomic mass is 9.94. The highest BCUT2D eigenvalue weighted by atomic mass is 32.2. The number of carbonyl (C=O) groups excluding carboxylic acids is 1. The lowest BCUT2D eigenvalue weighted by molar-refractivity contribution is 0.0704. The molecule has 3 heterocycles. The van der Waals surface area contributed by atoms with Crippen molar-refractivity contribution in [2.75, 3.05) is 19.3 Å². The third kappa shape index (κ3) is 3.26. The van der Waals surface area contributed by atoms with Crippen LogP contribution in [0.4, 0.5) is 0 Å². The molecule has 1 N–H and O–H groups in total. The Morgan fingerprint density at radius 1 is 1.39 bits per heavy atom. The smallest absolute Gasteiger partial charge is 0.255 e. The molecule has 1 amide bonds. The molecule has 2 aromatic rings. The number of hydrogen-bond acceptors (Lipinski definition) is 5. The van der Waals surface area contributed by atoms with Crippen LogP contribution in [0.1, 0.15) is 34.8 Å². The molecule has 1 saturated heterocycles. The summed E-state index contributed by atoms with van der Waals surface area (Å²) >= 11 is 0. The van der Waals surface area contributed by atoms with Gasteiger partial charge in [-0.2, -0.15) is 5.10 Å². The van der Waals surface area contributed by atoms with Crippen molar-refractivity contribution in [3.05, 3.63) is 42.0 Å².